The van der Waals surface area contributed by atoms with Gasteiger partial charge in [-0.1, -0.05) is 11.6 Å². The van der Waals surface area contributed by atoms with Gasteiger partial charge in [-0.15, -0.1) is 23.1 Å². The number of carbonyl (C=O) groups excluding carboxylic acids is 1. The summed E-state index contributed by atoms with van der Waals surface area (Å²) in [6, 6.07) is 6.58. The lowest BCUT2D eigenvalue weighted by Gasteiger charge is -2.08. The van der Waals surface area contributed by atoms with E-state index in [1.54, 1.807) is 48.6 Å². The van der Waals surface area contributed by atoms with Gasteiger partial charge >= 0.3 is 6.03 Å². The molecule has 4 rings (SSSR count). The molecule has 3 N–H and O–H groups in total. The summed E-state index contributed by atoms with van der Waals surface area (Å²) in [6.07, 6.45) is 5.19. The van der Waals surface area contributed by atoms with Crippen LogP contribution in [0.5, 0.6) is 0 Å². The van der Waals surface area contributed by atoms with Crippen molar-refractivity contribution in [3.05, 3.63) is 52.4 Å². The number of hydrogen-bond acceptors (Lipinski definition) is 7. The van der Waals surface area contributed by atoms with Crippen molar-refractivity contribution in [2.45, 2.75) is 17.7 Å². The lowest BCUT2D eigenvalue weighted by atomic mass is 10.3. The van der Waals surface area contributed by atoms with E-state index in [0.717, 1.165) is 46.4 Å². The molecule has 0 saturated heterocycles. The molecule has 2 aromatic heterocycles. The fourth-order valence-electron chi connectivity index (χ4n) is 2.69. The zero-order valence-corrected chi connectivity index (χ0v) is 17.1. The number of carbonyl (C=O) groups is 1. The number of amides is 2. The van der Waals surface area contributed by atoms with Crippen LogP contribution in [-0.2, 0) is 12.8 Å². The van der Waals surface area contributed by atoms with E-state index in [0.29, 0.717) is 15.8 Å². The number of anilines is 3. The van der Waals surface area contributed by atoms with Gasteiger partial charge in [-0.3, -0.25) is 5.32 Å². The largest absolute Gasteiger partial charge is 0.369 e. The summed E-state index contributed by atoms with van der Waals surface area (Å²) in [4.78, 5) is 27.2. The Morgan fingerprint density at radius 3 is 2.86 bits per heavy atom. The minimum absolute atomic E-state index is 0.338. The first kappa shape index (κ1) is 19.0. The monoisotopic (exact) mass is 432 g/mol. The van der Waals surface area contributed by atoms with Crippen molar-refractivity contribution in [2.24, 2.45) is 0 Å². The summed E-state index contributed by atoms with van der Waals surface area (Å²) in [5.41, 5.74) is 1.79. The van der Waals surface area contributed by atoms with Crippen LogP contribution in [0.3, 0.4) is 0 Å². The lowest BCUT2D eigenvalue weighted by molar-refractivity contribution is 0.262. The zero-order chi connectivity index (χ0) is 19.3. The molecule has 10 heteroatoms. The van der Waals surface area contributed by atoms with Crippen molar-refractivity contribution in [2.75, 3.05) is 28.2 Å². The van der Waals surface area contributed by atoms with Gasteiger partial charge in [0, 0.05) is 46.9 Å². The number of aromatic nitrogens is 3. The average Bonchev–Trinajstić information content (AvgIpc) is 3.33. The van der Waals surface area contributed by atoms with Crippen LogP contribution in [0.25, 0.3) is 0 Å². The van der Waals surface area contributed by atoms with E-state index in [9.17, 15) is 4.79 Å². The van der Waals surface area contributed by atoms with E-state index < -0.39 is 0 Å². The number of aryl methyl sites for hydroxylation is 1. The van der Waals surface area contributed by atoms with E-state index in [1.165, 1.54) is 11.3 Å². The standard InChI is InChI=1S/C18H17ClN6OS2/c19-11-1-3-12(4-2-11)24-17(26)25-18-21-9-13(28-18)5-7-20-16-15-14(6-8-27-15)22-10-23-16/h1-4,9-10H,5-8H2,(H,20,22,23)(H2,21,24,25,26). The Balaban J connectivity index is 1.27. The molecule has 0 spiro atoms. The maximum absolute atomic E-state index is 12.1. The van der Waals surface area contributed by atoms with Gasteiger partial charge in [0.25, 0.3) is 0 Å². The fraction of sp³-hybridized carbons (Fsp3) is 0.222. The first-order valence-corrected chi connectivity index (χ1v) is 10.8. The Hall–Kier alpha value is -2.36. The van der Waals surface area contributed by atoms with E-state index in [-0.39, 0.29) is 6.03 Å². The first-order chi connectivity index (χ1) is 13.7. The lowest BCUT2D eigenvalue weighted by Crippen LogP contribution is -2.19. The van der Waals surface area contributed by atoms with Crippen molar-refractivity contribution in [3.63, 3.8) is 0 Å². The molecule has 28 heavy (non-hydrogen) atoms. The van der Waals surface area contributed by atoms with Crippen molar-refractivity contribution in [1.29, 1.82) is 0 Å². The number of nitrogens with zero attached hydrogens (tertiary/aromatic N) is 3. The molecule has 1 aromatic carbocycles. The number of thioether (sulfide) groups is 1. The Morgan fingerprint density at radius 1 is 1.14 bits per heavy atom. The normalized spacial score (nSPS) is 12.5. The summed E-state index contributed by atoms with van der Waals surface area (Å²) in [5, 5.41) is 10.0. The van der Waals surface area contributed by atoms with Crippen LogP contribution in [0.1, 0.15) is 10.6 Å². The summed E-state index contributed by atoms with van der Waals surface area (Å²) in [6.45, 7) is 0.739. The third-order valence-corrected chi connectivity index (χ3v) is 6.35. The molecule has 3 heterocycles. The van der Waals surface area contributed by atoms with Crippen LogP contribution in [0.4, 0.5) is 21.4 Å². The van der Waals surface area contributed by atoms with Gasteiger partial charge < -0.3 is 10.6 Å². The Morgan fingerprint density at radius 2 is 2.00 bits per heavy atom. The van der Waals surface area contributed by atoms with Gasteiger partial charge in [-0.2, -0.15) is 0 Å². The molecule has 0 fully saturated rings. The maximum atomic E-state index is 12.1. The van der Waals surface area contributed by atoms with Crippen molar-refractivity contribution >= 4 is 57.4 Å². The van der Waals surface area contributed by atoms with Crippen LogP contribution in [-0.4, -0.2) is 33.3 Å². The fourth-order valence-corrected chi connectivity index (χ4v) is 4.71. The molecular formula is C18H17ClN6OS2. The molecule has 7 nitrogen and oxygen atoms in total. The topological polar surface area (TPSA) is 91.8 Å². The van der Waals surface area contributed by atoms with Crippen LogP contribution in [0, 0.1) is 0 Å². The quantitative estimate of drug-likeness (QED) is 0.529. The number of nitrogens with one attached hydrogen (secondary N) is 3. The highest BCUT2D eigenvalue weighted by Gasteiger charge is 2.17. The highest BCUT2D eigenvalue weighted by Crippen LogP contribution is 2.34. The molecule has 0 unspecified atom stereocenters. The van der Waals surface area contributed by atoms with Gasteiger partial charge in [0.15, 0.2) is 5.13 Å². The number of benzene rings is 1. The number of hydrogen-bond donors (Lipinski definition) is 3. The molecule has 0 atom stereocenters. The van der Waals surface area contributed by atoms with E-state index in [1.807, 2.05) is 0 Å². The highest BCUT2D eigenvalue weighted by atomic mass is 35.5. The molecule has 144 valence electrons. The molecule has 0 radical (unpaired) electrons. The van der Waals surface area contributed by atoms with Gasteiger partial charge in [0.05, 0.1) is 10.6 Å². The van der Waals surface area contributed by atoms with Crippen molar-refractivity contribution in [3.8, 4) is 0 Å². The predicted molar refractivity (Wildman–Crippen MR) is 115 cm³/mol. The summed E-state index contributed by atoms with van der Waals surface area (Å²) >= 11 is 9.09. The maximum Gasteiger partial charge on any atom is 0.325 e. The number of urea groups is 1. The molecule has 0 bridgehead atoms. The number of rotatable bonds is 6. The first-order valence-electron chi connectivity index (χ1n) is 8.66. The third-order valence-electron chi connectivity index (χ3n) is 4.00. The third kappa shape index (κ3) is 4.73. The zero-order valence-electron chi connectivity index (χ0n) is 14.7. The summed E-state index contributed by atoms with van der Waals surface area (Å²) < 4.78 is 0. The SMILES string of the molecule is O=C(Nc1ccc(Cl)cc1)Nc1ncc(CCNc2ncnc3c2SCC3)s1. The Kier molecular flexibility index (Phi) is 5.94. The molecule has 3 aromatic rings. The van der Waals surface area contributed by atoms with Gasteiger partial charge in [0.1, 0.15) is 12.1 Å². The van der Waals surface area contributed by atoms with Gasteiger partial charge in [0.2, 0.25) is 0 Å². The van der Waals surface area contributed by atoms with Crippen molar-refractivity contribution in [1.82, 2.24) is 15.0 Å². The van der Waals surface area contributed by atoms with Crippen molar-refractivity contribution < 1.29 is 4.79 Å². The smallest absolute Gasteiger partial charge is 0.325 e. The second-order valence-corrected chi connectivity index (χ2v) is 8.65. The van der Waals surface area contributed by atoms with Gasteiger partial charge in [-0.25, -0.2) is 19.7 Å². The minimum atomic E-state index is -0.338. The van der Waals surface area contributed by atoms with E-state index in [2.05, 4.69) is 30.9 Å². The molecular weight excluding hydrogens is 416 g/mol. The Bertz CT molecular complexity index is 978. The number of thiazole rings is 1. The molecule has 2 amide bonds. The minimum Gasteiger partial charge on any atom is -0.369 e. The van der Waals surface area contributed by atoms with E-state index >= 15 is 0 Å². The second-order valence-electron chi connectivity index (χ2n) is 5.99. The van der Waals surface area contributed by atoms with E-state index in [4.69, 9.17) is 11.6 Å². The molecule has 0 aliphatic carbocycles. The van der Waals surface area contributed by atoms with Crippen LogP contribution in [0.15, 0.2) is 41.7 Å². The molecule has 1 aliphatic rings. The molecule has 1 aliphatic heterocycles. The van der Waals surface area contributed by atoms with Crippen LogP contribution >= 0.6 is 34.7 Å². The average molecular weight is 433 g/mol. The van der Waals surface area contributed by atoms with Crippen LogP contribution < -0.4 is 16.0 Å². The van der Waals surface area contributed by atoms with Crippen LogP contribution in [0.2, 0.25) is 5.02 Å². The number of halogens is 1. The summed E-state index contributed by atoms with van der Waals surface area (Å²) in [5.74, 6) is 1.96. The predicted octanol–water partition coefficient (Wildman–Crippen LogP) is 4.53. The Labute approximate surface area is 175 Å². The number of fused-ring (bicyclic) bond motifs is 1. The summed E-state index contributed by atoms with van der Waals surface area (Å²) in [7, 11) is 0. The van der Waals surface area contributed by atoms with Gasteiger partial charge in [-0.05, 0) is 24.3 Å². The second kappa shape index (κ2) is 8.76. The highest BCUT2D eigenvalue weighted by molar-refractivity contribution is 7.99. The molecule has 0 saturated carbocycles.